The Morgan fingerprint density at radius 1 is 1.06 bits per heavy atom. The van der Waals surface area contributed by atoms with Crippen molar-refractivity contribution in [1.29, 1.82) is 0 Å². The van der Waals surface area contributed by atoms with E-state index >= 15 is 0 Å². The van der Waals surface area contributed by atoms with E-state index in [0.29, 0.717) is 5.69 Å². The van der Waals surface area contributed by atoms with E-state index in [-0.39, 0.29) is 5.28 Å². The molecule has 0 unspecified atom stereocenters. The Hall–Kier alpha value is -1.03. The summed E-state index contributed by atoms with van der Waals surface area (Å²) in [6, 6.07) is 0. The molecule has 2 N–H and O–H groups in total. The molecule has 0 spiro atoms. The molecule has 1 aromatic rings. The van der Waals surface area contributed by atoms with Gasteiger partial charge in [0, 0.05) is 13.1 Å². The van der Waals surface area contributed by atoms with E-state index in [1.807, 2.05) is 6.92 Å². The molecular weight excluding hydrogens is 236 g/mol. The van der Waals surface area contributed by atoms with Gasteiger partial charge in [0.15, 0.2) is 5.82 Å². The third-order valence-electron chi connectivity index (χ3n) is 3.24. The highest BCUT2D eigenvalue weighted by molar-refractivity contribution is 6.28. The lowest BCUT2D eigenvalue weighted by Gasteiger charge is -2.27. The summed E-state index contributed by atoms with van der Waals surface area (Å²) >= 11 is 5.91. The normalized spacial score (nSPS) is 17.6. The summed E-state index contributed by atoms with van der Waals surface area (Å²) in [5.41, 5.74) is 7.47. The molecule has 94 valence electrons. The van der Waals surface area contributed by atoms with Gasteiger partial charge in [-0.15, -0.1) is 0 Å². The molecule has 0 bridgehead atoms. The maximum atomic E-state index is 6.05. The van der Waals surface area contributed by atoms with E-state index in [9.17, 15) is 0 Å². The van der Waals surface area contributed by atoms with Gasteiger partial charge in [-0.25, -0.2) is 4.98 Å². The van der Waals surface area contributed by atoms with Crippen LogP contribution in [0.3, 0.4) is 0 Å². The van der Waals surface area contributed by atoms with Gasteiger partial charge in [0.05, 0.1) is 11.4 Å². The number of nitrogens with two attached hydrogens (primary N) is 1. The van der Waals surface area contributed by atoms with E-state index in [2.05, 4.69) is 14.9 Å². The third-order valence-corrected chi connectivity index (χ3v) is 3.41. The smallest absolute Gasteiger partial charge is 0.224 e. The van der Waals surface area contributed by atoms with Crippen LogP contribution in [-0.4, -0.2) is 23.1 Å². The minimum absolute atomic E-state index is 0.286. The maximum absolute atomic E-state index is 6.05. The van der Waals surface area contributed by atoms with E-state index in [1.54, 1.807) is 0 Å². The van der Waals surface area contributed by atoms with Crippen molar-refractivity contribution in [2.45, 2.75) is 39.0 Å². The van der Waals surface area contributed by atoms with Gasteiger partial charge in [-0.1, -0.05) is 19.3 Å². The number of hydrogen-bond acceptors (Lipinski definition) is 4. The van der Waals surface area contributed by atoms with Gasteiger partial charge >= 0.3 is 0 Å². The van der Waals surface area contributed by atoms with E-state index in [0.717, 1.165) is 24.6 Å². The van der Waals surface area contributed by atoms with Crippen molar-refractivity contribution >= 4 is 23.1 Å². The van der Waals surface area contributed by atoms with Crippen LogP contribution in [0.1, 0.15) is 37.8 Å². The second-order valence-electron chi connectivity index (χ2n) is 4.57. The lowest BCUT2D eigenvalue weighted by atomic mass is 10.1. The number of halogens is 1. The summed E-state index contributed by atoms with van der Waals surface area (Å²) in [6.45, 7) is 3.89. The van der Waals surface area contributed by atoms with E-state index < -0.39 is 0 Å². The standard InChI is InChI=1S/C12H19ClN4/c1-9-10(14)11(16-12(13)15-9)17-7-5-3-2-4-6-8-17/h2-8,14H2,1H3. The predicted molar refractivity (Wildman–Crippen MR) is 71.5 cm³/mol. The molecular formula is C12H19ClN4. The van der Waals surface area contributed by atoms with E-state index in [1.165, 1.54) is 32.1 Å². The molecule has 1 aliphatic rings. The van der Waals surface area contributed by atoms with Crippen molar-refractivity contribution in [3.8, 4) is 0 Å². The zero-order valence-electron chi connectivity index (χ0n) is 10.2. The first-order valence-corrected chi connectivity index (χ1v) is 6.61. The fourth-order valence-corrected chi connectivity index (χ4v) is 2.44. The minimum atomic E-state index is 0.286. The molecule has 0 radical (unpaired) electrons. The number of nitrogen functional groups attached to an aromatic ring is 1. The van der Waals surface area contributed by atoms with Crippen LogP contribution in [0, 0.1) is 6.92 Å². The van der Waals surface area contributed by atoms with Crippen molar-refractivity contribution in [3.63, 3.8) is 0 Å². The summed E-state index contributed by atoms with van der Waals surface area (Å²) in [7, 11) is 0. The van der Waals surface area contributed by atoms with Gasteiger partial charge in [-0.3, -0.25) is 0 Å². The Bertz CT molecular complexity index is 386. The van der Waals surface area contributed by atoms with Crippen molar-refractivity contribution in [2.24, 2.45) is 0 Å². The third kappa shape index (κ3) is 3.00. The van der Waals surface area contributed by atoms with Crippen LogP contribution < -0.4 is 10.6 Å². The summed E-state index contributed by atoms with van der Waals surface area (Å²) in [5.74, 6) is 0.810. The second-order valence-corrected chi connectivity index (χ2v) is 4.91. The molecule has 0 amide bonds. The molecule has 5 heteroatoms. The summed E-state index contributed by atoms with van der Waals surface area (Å²) in [5, 5.41) is 0.286. The van der Waals surface area contributed by atoms with Gasteiger partial charge in [0.25, 0.3) is 0 Å². The van der Waals surface area contributed by atoms with Gasteiger partial charge in [0.1, 0.15) is 0 Å². The Balaban J connectivity index is 2.24. The molecule has 17 heavy (non-hydrogen) atoms. The first kappa shape index (κ1) is 12.4. The molecule has 4 nitrogen and oxygen atoms in total. The average molecular weight is 255 g/mol. The molecule has 1 aromatic heterocycles. The van der Waals surface area contributed by atoms with Crippen LogP contribution in [0.5, 0.6) is 0 Å². The van der Waals surface area contributed by atoms with Crippen molar-refractivity contribution in [3.05, 3.63) is 11.0 Å². The maximum Gasteiger partial charge on any atom is 0.224 e. The molecule has 1 aliphatic heterocycles. The molecule has 0 saturated carbocycles. The molecule has 2 rings (SSSR count). The molecule has 2 heterocycles. The van der Waals surface area contributed by atoms with Crippen LogP contribution in [0.4, 0.5) is 11.5 Å². The fraction of sp³-hybridized carbons (Fsp3) is 0.667. The van der Waals surface area contributed by atoms with Crippen molar-refractivity contribution < 1.29 is 0 Å². The zero-order chi connectivity index (χ0) is 12.3. The lowest BCUT2D eigenvalue weighted by molar-refractivity contribution is 0.554. The summed E-state index contributed by atoms with van der Waals surface area (Å²) in [4.78, 5) is 10.6. The van der Waals surface area contributed by atoms with Crippen LogP contribution >= 0.6 is 11.6 Å². The zero-order valence-corrected chi connectivity index (χ0v) is 11.0. The topological polar surface area (TPSA) is 55.0 Å². The quantitative estimate of drug-likeness (QED) is 0.783. The Kier molecular flexibility index (Phi) is 4.05. The van der Waals surface area contributed by atoms with Gasteiger partial charge in [-0.2, -0.15) is 4.98 Å². The fourth-order valence-electron chi connectivity index (χ4n) is 2.23. The van der Waals surface area contributed by atoms with Crippen LogP contribution in [0.15, 0.2) is 0 Å². The van der Waals surface area contributed by atoms with Crippen LogP contribution in [0.2, 0.25) is 5.28 Å². The Morgan fingerprint density at radius 2 is 1.65 bits per heavy atom. The predicted octanol–water partition coefficient (Wildman–Crippen LogP) is 2.79. The second kappa shape index (κ2) is 5.54. The highest BCUT2D eigenvalue weighted by Crippen LogP contribution is 2.26. The van der Waals surface area contributed by atoms with Crippen molar-refractivity contribution in [2.75, 3.05) is 23.7 Å². The first-order chi connectivity index (χ1) is 8.18. The summed E-state index contributed by atoms with van der Waals surface area (Å²) in [6.07, 6.45) is 6.30. The molecule has 1 fully saturated rings. The van der Waals surface area contributed by atoms with Crippen LogP contribution in [-0.2, 0) is 0 Å². The number of aryl methyl sites for hydroxylation is 1. The lowest BCUT2D eigenvalue weighted by Crippen LogP contribution is -2.29. The van der Waals surface area contributed by atoms with Crippen molar-refractivity contribution in [1.82, 2.24) is 9.97 Å². The Morgan fingerprint density at radius 3 is 2.29 bits per heavy atom. The number of rotatable bonds is 1. The highest BCUT2D eigenvalue weighted by atomic mass is 35.5. The van der Waals surface area contributed by atoms with Gasteiger partial charge in [0.2, 0.25) is 5.28 Å². The SMILES string of the molecule is Cc1nc(Cl)nc(N2CCCCCCC2)c1N. The number of nitrogens with zero attached hydrogens (tertiary/aromatic N) is 3. The number of anilines is 2. The largest absolute Gasteiger partial charge is 0.394 e. The summed E-state index contributed by atoms with van der Waals surface area (Å²) < 4.78 is 0. The highest BCUT2D eigenvalue weighted by Gasteiger charge is 2.16. The average Bonchev–Trinajstić information content (AvgIpc) is 2.23. The molecule has 0 aromatic carbocycles. The number of hydrogen-bond donors (Lipinski definition) is 1. The monoisotopic (exact) mass is 254 g/mol. The molecule has 1 saturated heterocycles. The Labute approximate surface area is 107 Å². The molecule has 0 atom stereocenters. The van der Waals surface area contributed by atoms with Gasteiger partial charge < -0.3 is 10.6 Å². The van der Waals surface area contributed by atoms with Crippen LogP contribution in [0.25, 0.3) is 0 Å². The van der Waals surface area contributed by atoms with Gasteiger partial charge in [-0.05, 0) is 31.4 Å². The number of aromatic nitrogens is 2. The molecule has 0 aliphatic carbocycles. The van der Waals surface area contributed by atoms with E-state index in [4.69, 9.17) is 17.3 Å². The minimum Gasteiger partial charge on any atom is -0.394 e. The first-order valence-electron chi connectivity index (χ1n) is 6.23.